The van der Waals surface area contributed by atoms with Crippen molar-refractivity contribution in [2.24, 2.45) is 0 Å². The summed E-state index contributed by atoms with van der Waals surface area (Å²) in [6.45, 7) is 1.79. The molecule has 4 nitrogen and oxygen atoms in total. The third-order valence-corrected chi connectivity index (χ3v) is 3.64. The molecule has 2 aromatic rings. The lowest BCUT2D eigenvalue weighted by Crippen LogP contribution is -2.13. The fourth-order valence-electron chi connectivity index (χ4n) is 1.73. The molecular weight excluding hydrogens is 313 g/mol. The number of carbonyl (C=O) groups is 2. The van der Waals surface area contributed by atoms with Gasteiger partial charge in [-0.1, -0.05) is 23.2 Å². The molecule has 0 aliphatic rings. The second kappa shape index (κ2) is 6.16. The summed E-state index contributed by atoms with van der Waals surface area (Å²) in [4.78, 5) is 23.1. The minimum Gasteiger partial charge on any atom is -0.478 e. The van der Waals surface area contributed by atoms with Crippen LogP contribution in [0.25, 0.3) is 0 Å². The third-order valence-electron chi connectivity index (χ3n) is 2.88. The third kappa shape index (κ3) is 3.54. The first-order chi connectivity index (χ1) is 9.88. The number of carbonyl (C=O) groups excluding carboxylic acids is 1. The molecule has 2 N–H and O–H groups in total. The Morgan fingerprint density at radius 3 is 2.24 bits per heavy atom. The van der Waals surface area contributed by atoms with Crippen molar-refractivity contribution in [1.82, 2.24) is 0 Å². The van der Waals surface area contributed by atoms with Gasteiger partial charge in [0.05, 0.1) is 16.3 Å². The molecule has 0 atom stereocenters. The molecular formula is C15H11Cl2NO3. The van der Waals surface area contributed by atoms with Gasteiger partial charge in [-0.2, -0.15) is 0 Å². The van der Waals surface area contributed by atoms with E-state index < -0.39 is 5.97 Å². The van der Waals surface area contributed by atoms with Gasteiger partial charge in [-0.25, -0.2) is 4.79 Å². The van der Waals surface area contributed by atoms with Crippen LogP contribution in [0.4, 0.5) is 5.69 Å². The Morgan fingerprint density at radius 2 is 1.62 bits per heavy atom. The number of rotatable bonds is 3. The number of benzene rings is 2. The lowest BCUT2D eigenvalue weighted by atomic mass is 10.1. The Kier molecular flexibility index (Phi) is 4.50. The van der Waals surface area contributed by atoms with Crippen molar-refractivity contribution in [3.05, 3.63) is 63.1 Å². The number of hydrogen-bond acceptors (Lipinski definition) is 2. The Hall–Kier alpha value is -2.04. The van der Waals surface area contributed by atoms with Gasteiger partial charge >= 0.3 is 5.97 Å². The fourth-order valence-corrected chi connectivity index (χ4v) is 2.02. The summed E-state index contributed by atoms with van der Waals surface area (Å²) >= 11 is 11.9. The van der Waals surface area contributed by atoms with Crippen LogP contribution in [-0.4, -0.2) is 17.0 Å². The van der Waals surface area contributed by atoms with Crippen molar-refractivity contribution < 1.29 is 14.7 Å². The lowest BCUT2D eigenvalue weighted by Gasteiger charge is -2.09. The highest BCUT2D eigenvalue weighted by atomic mass is 35.5. The summed E-state index contributed by atoms with van der Waals surface area (Å²) in [6.07, 6.45) is 0. The molecule has 2 rings (SSSR count). The number of carboxylic acid groups (broad SMARTS) is 1. The number of aryl methyl sites for hydroxylation is 1. The van der Waals surface area contributed by atoms with E-state index in [0.29, 0.717) is 10.6 Å². The van der Waals surface area contributed by atoms with Crippen molar-refractivity contribution in [1.29, 1.82) is 0 Å². The van der Waals surface area contributed by atoms with Crippen LogP contribution in [0.3, 0.4) is 0 Å². The average molecular weight is 324 g/mol. The van der Waals surface area contributed by atoms with Crippen LogP contribution in [0, 0.1) is 6.92 Å². The summed E-state index contributed by atoms with van der Waals surface area (Å²) in [7, 11) is 0. The van der Waals surface area contributed by atoms with Gasteiger partial charge in [0.25, 0.3) is 5.91 Å². The van der Waals surface area contributed by atoms with Gasteiger partial charge in [0, 0.05) is 10.6 Å². The highest BCUT2D eigenvalue weighted by Crippen LogP contribution is 2.24. The first-order valence-corrected chi connectivity index (χ1v) is 6.74. The van der Waals surface area contributed by atoms with E-state index in [1.165, 1.54) is 18.2 Å². The summed E-state index contributed by atoms with van der Waals surface area (Å²) in [5.74, 6) is -1.48. The van der Waals surface area contributed by atoms with E-state index in [0.717, 1.165) is 5.56 Å². The quantitative estimate of drug-likeness (QED) is 0.887. The molecule has 1 amide bonds. The summed E-state index contributed by atoms with van der Waals surface area (Å²) < 4.78 is 0. The van der Waals surface area contributed by atoms with Gasteiger partial charge in [-0.3, -0.25) is 4.79 Å². The zero-order valence-electron chi connectivity index (χ0n) is 11.0. The Balaban J connectivity index is 2.28. The second-order valence-corrected chi connectivity index (χ2v) is 5.23. The fraction of sp³-hybridized carbons (Fsp3) is 0.0667. The summed E-state index contributed by atoms with van der Waals surface area (Å²) in [6, 6.07) is 8.96. The highest BCUT2D eigenvalue weighted by Gasteiger charge is 2.12. The van der Waals surface area contributed by atoms with Crippen LogP contribution >= 0.6 is 23.2 Å². The van der Waals surface area contributed by atoms with Crippen molar-refractivity contribution >= 4 is 40.8 Å². The zero-order valence-corrected chi connectivity index (χ0v) is 12.5. The molecule has 0 heterocycles. The standard InChI is InChI=1S/C15H11Cl2NO3/c1-8-6-9(2-4-11(8)16)14(19)18-13-7-10(15(20)21)3-5-12(13)17/h2-7H,1H3,(H,18,19)(H,20,21). The molecule has 108 valence electrons. The van der Waals surface area contributed by atoms with Gasteiger partial charge in [0.15, 0.2) is 0 Å². The maximum atomic E-state index is 12.2. The number of hydrogen-bond donors (Lipinski definition) is 2. The van der Waals surface area contributed by atoms with Gasteiger partial charge in [0.2, 0.25) is 0 Å². The second-order valence-electron chi connectivity index (χ2n) is 4.42. The highest BCUT2D eigenvalue weighted by molar-refractivity contribution is 6.34. The summed E-state index contributed by atoms with van der Waals surface area (Å²) in [5.41, 5.74) is 1.47. The van der Waals surface area contributed by atoms with Gasteiger partial charge in [-0.05, 0) is 48.9 Å². The maximum Gasteiger partial charge on any atom is 0.335 e. The molecule has 0 saturated carbocycles. The first kappa shape index (κ1) is 15.4. The zero-order chi connectivity index (χ0) is 15.6. The number of nitrogens with one attached hydrogen (secondary N) is 1. The molecule has 0 fully saturated rings. The van der Waals surface area contributed by atoms with Gasteiger partial charge < -0.3 is 10.4 Å². The molecule has 0 saturated heterocycles. The van der Waals surface area contributed by atoms with Crippen LogP contribution in [0.1, 0.15) is 26.3 Å². The molecule has 0 radical (unpaired) electrons. The monoisotopic (exact) mass is 323 g/mol. The van der Waals surface area contributed by atoms with Crippen molar-refractivity contribution in [2.75, 3.05) is 5.32 Å². The summed E-state index contributed by atoms with van der Waals surface area (Å²) in [5, 5.41) is 12.4. The minimum absolute atomic E-state index is 0.0435. The molecule has 2 aromatic carbocycles. The largest absolute Gasteiger partial charge is 0.478 e. The van der Waals surface area contributed by atoms with E-state index in [2.05, 4.69) is 5.32 Å². The topological polar surface area (TPSA) is 66.4 Å². The van der Waals surface area contributed by atoms with Crippen LogP contribution in [-0.2, 0) is 0 Å². The lowest BCUT2D eigenvalue weighted by molar-refractivity contribution is 0.0696. The van der Waals surface area contributed by atoms with E-state index in [-0.39, 0.29) is 22.2 Å². The number of amides is 1. The number of carboxylic acids is 1. The van der Waals surface area contributed by atoms with E-state index in [1.54, 1.807) is 25.1 Å². The number of anilines is 1. The van der Waals surface area contributed by atoms with Crippen molar-refractivity contribution in [2.45, 2.75) is 6.92 Å². The molecule has 0 aromatic heterocycles. The van der Waals surface area contributed by atoms with Crippen LogP contribution < -0.4 is 5.32 Å². The molecule has 0 spiro atoms. The molecule has 0 aliphatic heterocycles. The first-order valence-electron chi connectivity index (χ1n) is 5.99. The van der Waals surface area contributed by atoms with E-state index >= 15 is 0 Å². The smallest absolute Gasteiger partial charge is 0.335 e. The average Bonchev–Trinajstić information content (AvgIpc) is 2.43. The Labute approximate surface area is 131 Å². The molecule has 6 heteroatoms. The Morgan fingerprint density at radius 1 is 1.00 bits per heavy atom. The molecule has 0 aliphatic carbocycles. The van der Waals surface area contributed by atoms with Crippen molar-refractivity contribution in [3.8, 4) is 0 Å². The van der Waals surface area contributed by atoms with Gasteiger partial charge in [-0.15, -0.1) is 0 Å². The predicted octanol–water partition coefficient (Wildman–Crippen LogP) is 4.25. The molecule has 21 heavy (non-hydrogen) atoms. The van der Waals surface area contributed by atoms with Gasteiger partial charge in [0.1, 0.15) is 0 Å². The van der Waals surface area contributed by atoms with Crippen molar-refractivity contribution in [3.63, 3.8) is 0 Å². The normalized spacial score (nSPS) is 10.2. The molecule has 0 unspecified atom stereocenters. The minimum atomic E-state index is -1.09. The van der Waals surface area contributed by atoms with Crippen LogP contribution in [0.15, 0.2) is 36.4 Å². The molecule has 0 bridgehead atoms. The Bertz CT molecular complexity index is 729. The number of aromatic carboxylic acids is 1. The SMILES string of the molecule is Cc1cc(C(=O)Nc2cc(C(=O)O)ccc2Cl)ccc1Cl. The van der Waals surface area contributed by atoms with E-state index in [9.17, 15) is 9.59 Å². The van der Waals surface area contributed by atoms with E-state index in [4.69, 9.17) is 28.3 Å². The van der Waals surface area contributed by atoms with E-state index in [1.807, 2.05) is 0 Å². The van der Waals surface area contributed by atoms with Crippen LogP contribution in [0.2, 0.25) is 10.0 Å². The predicted molar refractivity (Wildman–Crippen MR) is 82.6 cm³/mol. The number of halogens is 2. The maximum absolute atomic E-state index is 12.2. The van der Waals surface area contributed by atoms with Crippen LogP contribution in [0.5, 0.6) is 0 Å².